The molecule has 0 bridgehead atoms. The number of aliphatic hydroxyl groups excluding tert-OH is 4. The second-order valence-corrected chi connectivity index (χ2v) is 9.89. The van der Waals surface area contributed by atoms with Gasteiger partial charge in [0.25, 0.3) is 0 Å². The fourth-order valence-corrected chi connectivity index (χ4v) is 5.45. The van der Waals surface area contributed by atoms with Crippen LogP contribution in [0.3, 0.4) is 0 Å². The summed E-state index contributed by atoms with van der Waals surface area (Å²) < 4.78 is 33.4. The lowest BCUT2D eigenvalue weighted by molar-refractivity contribution is -0.277. The Morgan fingerprint density at radius 2 is 1.45 bits per heavy atom. The molecule has 2 aromatic carbocycles. The standard InChI is InChI=1S/C25H28O13/c26-7-17-18(28)19(29)20(30)23(38-17)37-15-5-11(1-3-13(15)27)21-24(31)8-34-22(25(24,32)9-33-21)12-2-4-14-16(6-12)36-10-35-14/h1-6,17-23,26-32H,7-10H2/t17-,18-,19+,20-,21+,22-,23-,24-,25+/m1/s1. The van der Waals surface area contributed by atoms with Gasteiger partial charge in [0.05, 0.1) is 19.8 Å². The number of aliphatic hydroxyl groups is 6. The average Bonchev–Trinajstić information content (AvgIpc) is 3.55. The van der Waals surface area contributed by atoms with Crippen LogP contribution in [0, 0.1) is 0 Å². The van der Waals surface area contributed by atoms with Crippen LogP contribution in [0.2, 0.25) is 0 Å². The van der Waals surface area contributed by atoms with Crippen molar-refractivity contribution in [3.63, 3.8) is 0 Å². The maximum Gasteiger partial charge on any atom is 0.231 e. The first-order valence-corrected chi connectivity index (χ1v) is 12.0. The molecule has 7 N–H and O–H groups in total. The summed E-state index contributed by atoms with van der Waals surface area (Å²) in [7, 11) is 0. The molecule has 0 radical (unpaired) electrons. The highest BCUT2D eigenvalue weighted by Crippen LogP contribution is 2.56. The third-order valence-electron chi connectivity index (χ3n) is 7.63. The molecule has 0 amide bonds. The van der Waals surface area contributed by atoms with E-state index in [0.717, 1.165) is 0 Å². The summed E-state index contributed by atoms with van der Waals surface area (Å²) >= 11 is 0. The molecule has 13 nitrogen and oxygen atoms in total. The van der Waals surface area contributed by atoms with Crippen molar-refractivity contribution in [2.24, 2.45) is 0 Å². The van der Waals surface area contributed by atoms with Crippen molar-refractivity contribution in [2.45, 2.75) is 54.1 Å². The molecule has 4 heterocycles. The maximum absolute atomic E-state index is 11.7. The molecule has 206 valence electrons. The summed E-state index contributed by atoms with van der Waals surface area (Å²) in [6, 6.07) is 9.15. The number of ether oxygens (including phenoxy) is 6. The smallest absolute Gasteiger partial charge is 0.231 e. The Bertz CT molecular complexity index is 1210. The zero-order valence-corrected chi connectivity index (χ0v) is 19.9. The lowest BCUT2D eigenvalue weighted by Gasteiger charge is -2.39. The van der Waals surface area contributed by atoms with Crippen LogP contribution in [0.1, 0.15) is 23.3 Å². The average molecular weight is 536 g/mol. The van der Waals surface area contributed by atoms with Crippen LogP contribution in [-0.4, -0.2) is 104 Å². The molecule has 0 aromatic heterocycles. The number of phenolic OH excluding ortho intramolecular Hbond substituents is 1. The summed E-state index contributed by atoms with van der Waals surface area (Å²) in [5.41, 5.74) is -2.84. The Balaban J connectivity index is 1.26. The van der Waals surface area contributed by atoms with Crippen LogP contribution >= 0.6 is 0 Å². The summed E-state index contributed by atoms with van der Waals surface area (Å²) in [6.07, 6.45) is -9.72. The highest BCUT2D eigenvalue weighted by atomic mass is 16.7. The van der Waals surface area contributed by atoms with Crippen LogP contribution in [0.15, 0.2) is 36.4 Å². The van der Waals surface area contributed by atoms with Crippen LogP contribution in [0.5, 0.6) is 23.0 Å². The second kappa shape index (κ2) is 9.19. The highest BCUT2D eigenvalue weighted by molar-refractivity contribution is 5.47. The predicted molar refractivity (Wildman–Crippen MR) is 122 cm³/mol. The summed E-state index contributed by atoms with van der Waals surface area (Å²) in [5, 5.41) is 73.4. The Morgan fingerprint density at radius 3 is 2.13 bits per heavy atom. The van der Waals surface area contributed by atoms with Gasteiger partial charge in [-0.1, -0.05) is 12.1 Å². The lowest BCUT2D eigenvalue weighted by atomic mass is 9.77. The van der Waals surface area contributed by atoms with Crippen molar-refractivity contribution < 1.29 is 64.2 Å². The van der Waals surface area contributed by atoms with E-state index in [1.165, 1.54) is 18.2 Å². The summed E-state index contributed by atoms with van der Waals surface area (Å²) in [5.74, 6) is 0.507. The number of fused-ring (bicyclic) bond motifs is 2. The molecule has 13 heteroatoms. The minimum absolute atomic E-state index is 0.0814. The first-order chi connectivity index (χ1) is 18.2. The number of benzene rings is 2. The molecular weight excluding hydrogens is 508 g/mol. The number of rotatable bonds is 5. The van der Waals surface area contributed by atoms with E-state index in [1.807, 2.05) is 0 Å². The second-order valence-electron chi connectivity index (χ2n) is 9.89. The van der Waals surface area contributed by atoms with E-state index >= 15 is 0 Å². The molecule has 9 atom stereocenters. The first kappa shape index (κ1) is 25.6. The molecule has 6 rings (SSSR count). The molecule has 2 aromatic rings. The van der Waals surface area contributed by atoms with Crippen molar-refractivity contribution in [3.05, 3.63) is 47.5 Å². The number of aromatic hydroxyl groups is 1. The summed E-state index contributed by atoms with van der Waals surface area (Å²) in [6.45, 7) is -1.10. The molecular formula is C25H28O13. The van der Waals surface area contributed by atoms with E-state index in [-0.39, 0.29) is 31.5 Å². The molecule has 0 aliphatic carbocycles. The Labute approximate surface area is 215 Å². The van der Waals surface area contributed by atoms with Gasteiger partial charge in [0.15, 0.2) is 34.2 Å². The van der Waals surface area contributed by atoms with Crippen molar-refractivity contribution in [3.8, 4) is 23.0 Å². The largest absolute Gasteiger partial charge is 0.504 e. The minimum atomic E-state index is -1.88. The Morgan fingerprint density at radius 1 is 0.816 bits per heavy atom. The van der Waals surface area contributed by atoms with Crippen LogP contribution < -0.4 is 14.2 Å². The SMILES string of the molecule is OC[C@H]1O[C@@H](Oc2cc([C@@H]3OC[C@]4(O)[C@@H](c5ccc6c(c5)OCO6)OC[C@@]34O)ccc2O)[C@H](O)[C@@H](O)[C@@H]1O. The van der Waals surface area contributed by atoms with Gasteiger partial charge in [0.2, 0.25) is 13.1 Å². The number of phenols is 1. The lowest BCUT2D eigenvalue weighted by Crippen LogP contribution is -2.60. The maximum atomic E-state index is 11.7. The quantitative estimate of drug-likeness (QED) is 0.236. The third kappa shape index (κ3) is 3.74. The fourth-order valence-electron chi connectivity index (χ4n) is 5.45. The van der Waals surface area contributed by atoms with Gasteiger partial charge in [-0.05, 0) is 35.4 Å². The normalized spacial score (nSPS) is 39.8. The van der Waals surface area contributed by atoms with Gasteiger partial charge >= 0.3 is 0 Å². The van der Waals surface area contributed by atoms with Gasteiger partial charge in [0.1, 0.15) is 36.6 Å². The van der Waals surface area contributed by atoms with E-state index in [9.17, 15) is 35.7 Å². The molecule has 4 aliphatic heterocycles. The van der Waals surface area contributed by atoms with Crippen LogP contribution in [0.4, 0.5) is 0 Å². The van der Waals surface area contributed by atoms with Gasteiger partial charge in [-0.15, -0.1) is 0 Å². The zero-order chi connectivity index (χ0) is 26.8. The third-order valence-corrected chi connectivity index (χ3v) is 7.63. The Kier molecular flexibility index (Phi) is 6.18. The first-order valence-electron chi connectivity index (χ1n) is 12.0. The highest BCUT2D eigenvalue weighted by Gasteiger charge is 2.69. The van der Waals surface area contributed by atoms with Crippen molar-refractivity contribution >= 4 is 0 Å². The molecule has 38 heavy (non-hydrogen) atoms. The van der Waals surface area contributed by atoms with Crippen LogP contribution in [-0.2, 0) is 14.2 Å². The topological polar surface area (TPSA) is 197 Å². The van der Waals surface area contributed by atoms with E-state index in [1.54, 1.807) is 18.2 Å². The Hall–Kier alpha value is -2.72. The van der Waals surface area contributed by atoms with Crippen molar-refractivity contribution in [1.29, 1.82) is 0 Å². The zero-order valence-electron chi connectivity index (χ0n) is 19.9. The van der Waals surface area contributed by atoms with Gasteiger partial charge in [0, 0.05) is 0 Å². The van der Waals surface area contributed by atoms with Crippen molar-refractivity contribution in [1.82, 2.24) is 0 Å². The van der Waals surface area contributed by atoms with E-state index in [2.05, 4.69) is 0 Å². The van der Waals surface area contributed by atoms with Crippen LogP contribution in [0.25, 0.3) is 0 Å². The minimum Gasteiger partial charge on any atom is -0.504 e. The number of hydrogen-bond acceptors (Lipinski definition) is 13. The fraction of sp³-hybridized carbons (Fsp3) is 0.520. The summed E-state index contributed by atoms with van der Waals surface area (Å²) in [4.78, 5) is 0. The van der Waals surface area contributed by atoms with Gasteiger partial charge < -0.3 is 64.2 Å². The van der Waals surface area contributed by atoms with Gasteiger partial charge in [-0.25, -0.2) is 0 Å². The monoisotopic (exact) mass is 536 g/mol. The molecule has 3 saturated heterocycles. The predicted octanol–water partition coefficient (Wildman–Crippen LogP) is -1.40. The molecule has 3 fully saturated rings. The van der Waals surface area contributed by atoms with Gasteiger partial charge in [-0.3, -0.25) is 0 Å². The molecule has 4 aliphatic rings. The molecule has 0 saturated carbocycles. The number of hydrogen-bond donors (Lipinski definition) is 7. The molecule has 0 unspecified atom stereocenters. The van der Waals surface area contributed by atoms with E-state index < -0.39 is 60.7 Å². The van der Waals surface area contributed by atoms with Crippen molar-refractivity contribution in [2.75, 3.05) is 26.6 Å². The van der Waals surface area contributed by atoms with Gasteiger partial charge in [-0.2, -0.15) is 0 Å². The van der Waals surface area contributed by atoms with E-state index in [0.29, 0.717) is 22.6 Å². The van der Waals surface area contributed by atoms with E-state index in [4.69, 9.17) is 28.4 Å². The molecule has 0 spiro atoms.